The summed E-state index contributed by atoms with van der Waals surface area (Å²) in [5.41, 5.74) is 3.92. The van der Waals surface area contributed by atoms with Crippen molar-refractivity contribution >= 4 is 0 Å². The molecule has 2 aromatic carbocycles. The predicted molar refractivity (Wildman–Crippen MR) is 119 cm³/mol. The van der Waals surface area contributed by atoms with E-state index in [0.717, 1.165) is 30.8 Å². The summed E-state index contributed by atoms with van der Waals surface area (Å²) in [6, 6.07) is 17.3. The molecule has 3 rings (SSSR count). The van der Waals surface area contributed by atoms with Crippen LogP contribution in [0.25, 0.3) is 0 Å². The van der Waals surface area contributed by atoms with Crippen LogP contribution in [-0.4, -0.2) is 6.61 Å². The second-order valence-electron chi connectivity index (χ2n) is 7.71. The molecular formula is C27H32O. The van der Waals surface area contributed by atoms with Crippen LogP contribution in [0.3, 0.4) is 0 Å². The third-order valence-electron chi connectivity index (χ3n) is 5.63. The number of ether oxygens (including phenoxy) is 1. The molecule has 0 aliphatic heterocycles. The summed E-state index contributed by atoms with van der Waals surface area (Å²) in [6.45, 7) is 5.11. The van der Waals surface area contributed by atoms with Gasteiger partial charge in [-0.2, -0.15) is 0 Å². The molecule has 0 saturated heterocycles. The summed E-state index contributed by atoms with van der Waals surface area (Å²) in [5, 5.41) is 0. The molecule has 0 unspecified atom stereocenters. The number of aryl methyl sites for hydroxylation is 1. The summed E-state index contributed by atoms with van der Waals surface area (Å²) in [5.74, 6) is 8.79. The first-order chi connectivity index (χ1) is 13.8. The molecule has 2 aromatic rings. The Morgan fingerprint density at radius 1 is 0.929 bits per heavy atom. The van der Waals surface area contributed by atoms with Crippen LogP contribution in [0.1, 0.15) is 68.6 Å². The lowest BCUT2D eigenvalue weighted by molar-refractivity contribution is 0.317. The van der Waals surface area contributed by atoms with Crippen molar-refractivity contribution in [2.75, 3.05) is 6.61 Å². The van der Waals surface area contributed by atoms with Gasteiger partial charge in [-0.25, -0.2) is 0 Å². The van der Waals surface area contributed by atoms with Crippen molar-refractivity contribution in [3.63, 3.8) is 0 Å². The summed E-state index contributed by atoms with van der Waals surface area (Å²) in [4.78, 5) is 0. The molecule has 0 N–H and O–H groups in total. The molecule has 28 heavy (non-hydrogen) atoms. The number of rotatable bonds is 6. The molecule has 1 saturated carbocycles. The highest BCUT2D eigenvalue weighted by atomic mass is 16.5. The lowest BCUT2D eigenvalue weighted by atomic mass is 9.78. The molecule has 0 heterocycles. The first-order valence-corrected chi connectivity index (χ1v) is 10.8. The highest BCUT2D eigenvalue weighted by Crippen LogP contribution is 2.36. The highest BCUT2D eigenvalue weighted by Gasteiger charge is 2.20. The smallest absolute Gasteiger partial charge is 0.119 e. The second kappa shape index (κ2) is 10.8. The van der Waals surface area contributed by atoms with Crippen molar-refractivity contribution in [1.29, 1.82) is 0 Å². The predicted octanol–water partition coefficient (Wildman–Crippen LogP) is 6.92. The van der Waals surface area contributed by atoms with Gasteiger partial charge < -0.3 is 4.74 Å². The standard InChI is InChI=1S/C27H32O/c1-3-21-28-27-19-17-26(18-20-27)25-15-13-24(14-16-25)8-6-5-7-23-11-9-22(4-2)10-12-23/h6,8-12,17-20,24-25H,3-4,13-16,21H2,1-2H3. The summed E-state index contributed by atoms with van der Waals surface area (Å²) >= 11 is 0. The zero-order valence-corrected chi connectivity index (χ0v) is 17.3. The highest BCUT2D eigenvalue weighted by molar-refractivity contribution is 5.38. The van der Waals surface area contributed by atoms with Gasteiger partial charge in [0.2, 0.25) is 0 Å². The van der Waals surface area contributed by atoms with Gasteiger partial charge in [-0.1, -0.05) is 56.0 Å². The number of benzene rings is 2. The minimum atomic E-state index is 0.667. The van der Waals surface area contributed by atoms with Crippen molar-refractivity contribution in [2.24, 2.45) is 5.92 Å². The van der Waals surface area contributed by atoms with Crippen LogP contribution < -0.4 is 4.74 Å². The molecule has 1 aliphatic rings. The van der Waals surface area contributed by atoms with E-state index in [-0.39, 0.29) is 0 Å². The molecule has 0 radical (unpaired) electrons. The molecule has 1 aliphatic carbocycles. The largest absolute Gasteiger partial charge is 0.494 e. The Morgan fingerprint density at radius 2 is 1.64 bits per heavy atom. The van der Waals surface area contributed by atoms with Gasteiger partial charge in [0.15, 0.2) is 0 Å². The number of allylic oxidation sites excluding steroid dienone is 2. The first kappa shape index (κ1) is 20.3. The average molecular weight is 373 g/mol. The van der Waals surface area contributed by atoms with Crippen molar-refractivity contribution in [3.05, 3.63) is 77.4 Å². The van der Waals surface area contributed by atoms with Crippen molar-refractivity contribution in [3.8, 4) is 17.6 Å². The van der Waals surface area contributed by atoms with E-state index in [1.807, 2.05) is 0 Å². The van der Waals surface area contributed by atoms with Crippen LogP contribution in [-0.2, 0) is 6.42 Å². The quantitative estimate of drug-likeness (QED) is 0.500. The van der Waals surface area contributed by atoms with E-state index < -0.39 is 0 Å². The average Bonchev–Trinajstić information content (AvgIpc) is 2.76. The fourth-order valence-electron chi connectivity index (χ4n) is 3.83. The summed E-state index contributed by atoms with van der Waals surface area (Å²) < 4.78 is 5.69. The van der Waals surface area contributed by atoms with Crippen molar-refractivity contribution in [2.45, 2.75) is 58.3 Å². The fraction of sp³-hybridized carbons (Fsp3) is 0.407. The third-order valence-corrected chi connectivity index (χ3v) is 5.63. The topological polar surface area (TPSA) is 9.23 Å². The first-order valence-electron chi connectivity index (χ1n) is 10.8. The van der Waals surface area contributed by atoms with Crippen molar-refractivity contribution in [1.82, 2.24) is 0 Å². The Labute approximate surface area is 170 Å². The maximum atomic E-state index is 5.69. The van der Waals surface area contributed by atoms with Gasteiger partial charge in [0.25, 0.3) is 0 Å². The summed E-state index contributed by atoms with van der Waals surface area (Å²) in [7, 11) is 0. The molecule has 0 aromatic heterocycles. The maximum Gasteiger partial charge on any atom is 0.119 e. The lowest BCUT2D eigenvalue weighted by Gasteiger charge is -2.27. The Hall–Kier alpha value is -2.46. The molecule has 1 heteroatoms. The van der Waals surface area contributed by atoms with Gasteiger partial charge in [-0.3, -0.25) is 0 Å². The minimum absolute atomic E-state index is 0.667. The Bertz CT molecular complexity index is 794. The van der Waals surface area contributed by atoms with E-state index in [4.69, 9.17) is 4.74 Å². The van der Waals surface area contributed by atoms with Gasteiger partial charge in [-0.15, -0.1) is 0 Å². The maximum absolute atomic E-state index is 5.69. The van der Waals surface area contributed by atoms with E-state index in [1.165, 1.54) is 36.8 Å². The third kappa shape index (κ3) is 6.03. The second-order valence-corrected chi connectivity index (χ2v) is 7.71. The molecule has 0 spiro atoms. The van der Waals surface area contributed by atoms with Gasteiger partial charge in [0.1, 0.15) is 5.75 Å². The van der Waals surface area contributed by atoms with E-state index in [9.17, 15) is 0 Å². The monoisotopic (exact) mass is 372 g/mol. The molecular weight excluding hydrogens is 340 g/mol. The van der Waals surface area contributed by atoms with E-state index >= 15 is 0 Å². The molecule has 146 valence electrons. The molecule has 0 atom stereocenters. The van der Waals surface area contributed by atoms with Crippen LogP contribution >= 0.6 is 0 Å². The van der Waals surface area contributed by atoms with Crippen LogP contribution in [0, 0.1) is 17.8 Å². The molecule has 1 fully saturated rings. The number of hydrogen-bond donors (Lipinski definition) is 0. The van der Waals surface area contributed by atoms with E-state index in [1.54, 1.807) is 0 Å². The molecule has 0 bridgehead atoms. The molecule has 0 amide bonds. The lowest BCUT2D eigenvalue weighted by Crippen LogP contribution is -2.11. The van der Waals surface area contributed by atoms with Crippen molar-refractivity contribution < 1.29 is 4.74 Å². The Balaban J connectivity index is 1.46. The van der Waals surface area contributed by atoms with Crippen LogP contribution in [0.15, 0.2) is 60.7 Å². The fourth-order valence-corrected chi connectivity index (χ4v) is 3.83. The van der Waals surface area contributed by atoms with Crippen LogP contribution in [0.4, 0.5) is 0 Å². The van der Waals surface area contributed by atoms with E-state index in [2.05, 4.69) is 86.4 Å². The van der Waals surface area contributed by atoms with Gasteiger partial charge >= 0.3 is 0 Å². The normalized spacial score (nSPS) is 19.2. The summed E-state index contributed by atoms with van der Waals surface area (Å²) in [6.07, 6.45) is 11.5. The zero-order valence-electron chi connectivity index (χ0n) is 17.3. The SMILES string of the molecule is CCCOc1ccc(C2CCC(C=CC#Cc3ccc(CC)cc3)CC2)cc1. The Kier molecular flexibility index (Phi) is 7.80. The van der Waals surface area contributed by atoms with Crippen LogP contribution in [0.2, 0.25) is 0 Å². The van der Waals surface area contributed by atoms with E-state index in [0.29, 0.717) is 11.8 Å². The zero-order chi connectivity index (χ0) is 19.6. The van der Waals surface area contributed by atoms with Gasteiger partial charge in [-0.05, 0) is 91.8 Å². The van der Waals surface area contributed by atoms with Crippen LogP contribution in [0.5, 0.6) is 5.75 Å². The Morgan fingerprint density at radius 3 is 2.29 bits per heavy atom. The minimum Gasteiger partial charge on any atom is -0.494 e. The van der Waals surface area contributed by atoms with Gasteiger partial charge in [0.05, 0.1) is 6.61 Å². The van der Waals surface area contributed by atoms with Gasteiger partial charge in [0, 0.05) is 5.56 Å². The number of hydrogen-bond acceptors (Lipinski definition) is 1. The molecule has 1 nitrogen and oxygen atoms in total.